The van der Waals surface area contributed by atoms with Crippen LogP contribution in [0.5, 0.6) is 0 Å². The summed E-state index contributed by atoms with van der Waals surface area (Å²) in [5.41, 5.74) is 1.20. The number of carboxylic acids is 1. The van der Waals surface area contributed by atoms with Crippen LogP contribution in [0.2, 0.25) is 0 Å². The van der Waals surface area contributed by atoms with Crippen LogP contribution in [0.15, 0.2) is 24.3 Å². The zero-order valence-corrected chi connectivity index (χ0v) is 13.8. The highest BCUT2D eigenvalue weighted by atomic mass is 16.4. The summed E-state index contributed by atoms with van der Waals surface area (Å²) in [5, 5.41) is 13.2. The molecular formula is C18H27NO2. The molecule has 1 aliphatic rings. The van der Waals surface area contributed by atoms with Gasteiger partial charge in [0.15, 0.2) is 0 Å². The van der Waals surface area contributed by atoms with Gasteiger partial charge in [-0.3, -0.25) is 0 Å². The minimum Gasteiger partial charge on any atom is -0.480 e. The molecule has 1 aromatic rings. The van der Waals surface area contributed by atoms with E-state index in [-0.39, 0.29) is 10.8 Å². The average Bonchev–Trinajstić information content (AvgIpc) is 2.28. The molecule has 3 heteroatoms. The van der Waals surface area contributed by atoms with Crippen LogP contribution in [-0.4, -0.2) is 16.6 Å². The lowest BCUT2D eigenvalue weighted by atomic mass is 9.58. The molecule has 1 aliphatic carbocycles. The van der Waals surface area contributed by atoms with Crippen molar-refractivity contribution in [1.82, 2.24) is 0 Å². The van der Waals surface area contributed by atoms with Crippen molar-refractivity contribution in [3.8, 4) is 0 Å². The first-order valence-electron chi connectivity index (χ1n) is 7.62. The lowest BCUT2D eigenvalue weighted by molar-refractivity contribution is -0.147. The Kier molecular flexibility index (Phi) is 3.81. The van der Waals surface area contributed by atoms with Gasteiger partial charge in [0.25, 0.3) is 0 Å². The standard InChI is InChI=1S/C18H27NO2/c1-13-6-8-14(9-7-13)19-18(15(20)21)11-16(2,3)10-17(4,5)12-18/h6-9,19H,10-12H2,1-5H3,(H,20,21). The molecule has 2 N–H and O–H groups in total. The summed E-state index contributed by atoms with van der Waals surface area (Å²) in [4.78, 5) is 12.1. The van der Waals surface area contributed by atoms with Gasteiger partial charge in [0.1, 0.15) is 5.54 Å². The first-order chi connectivity index (χ1) is 9.54. The number of hydrogen-bond donors (Lipinski definition) is 2. The van der Waals surface area contributed by atoms with Crippen LogP contribution in [0, 0.1) is 17.8 Å². The van der Waals surface area contributed by atoms with Crippen LogP contribution >= 0.6 is 0 Å². The Hall–Kier alpha value is -1.51. The molecule has 2 rings (SSSR count). The van der Waals surface area contributed by atoms with Gasteiger partial charge in [-0.15, -0.1) is 0 Å². The molecule has 0 atom stereocenters. The van der Waals surface area contributed by atoms with Gasteiger partial charge in [-0.25, -0.2) is 4.79 Å². The van der Waals surface area contributed by atoms with Gasteiger partial charge in [0, 0.05) is 5.69 Å². The topological polar surface area (TPSA) is 49.3 Å². The third-order valence-electron chi connectivity index (χ3n) is 4.36. The Labute approximate surface area is 127 Å². The Morgan fingerprint density at radius 2 is 1.48 bits per heavy atom. The van der Waals surface area contributed by atoms with E-state index in [0.717, 1.165) is 12.1 Å². The summed E-state index contributed by atoms with van der Waals surface area (Å²) < 4.78 is 0. The molecule has 0 heterocycles. The smallest absolute Gasteiger partial charge is 0.329 e. The molecule has 1 aromatic carbocycles. The van der Waals surface area contributed by atoms with Crippen molar-refractivity contribution in [2.75, 3.05) is 5.32 Å². The quantitative estimate of drug-likeness (QED) is 0.863. The van der Waals surface area contributed by atoms with E-state index in [1.165, 1.54) is 5.56 Å². The van der Waals surface area contributed by atoms with Crippen molar-refractivity contribution in [3.05, 3.63) is 29.8 Å². The second-order valence-corrected chi connectivity index (χ2v) is 8.24. The number of carboxylic acid groups (broad SMARTS) is 1. The normalized spacial score (nSPS) is 22.5. The maximum Gasteiger partial charge on any atom is 0.329 e. The van der Waals surface area contributed by atoms with Gasteiger partial charge in [-0.2, -0.15) is 0 Å². The van der Waals surface area contributed by atoms with Crippen LogP contribution in [0.3, 0.4) is 0 Å². The number of carbonyl (C=O) groups is 1. The van der Waals surface area contributed by atoms with Crippen LogP contribution in [0.1, 0.15) is 52.5 Å². The highest BCUT2D eigenvalue weighted by Gasteiger charge is 2.52. The van der Waals surface area contributed by atoms with E-state index in [0.29, 0.717) is 12.8 Å². The highest BCUT2D eigenvalue weighted by Crippen LogP contribution is 2.51. The maximum atomic E-state index is 12.1. The SMILES string of the molecule is Cc1ccc(NC2(C(=O)O)CC(C)(C)CC(C)(C)C2)cc1. The lowest BCUT2D eigenvalue weighted by Crippen LogP contribution is -2.56. The van der Waals surface area contributed by atoms with E-state index in [9.17, 15) is 9.90 Å². The van der Waals surface area contributed by atoms with E-state index >= 15 is 0 Å². The number of aryl methyl sites for hydroxylation is 1. The second-order valence-electron chi connectivity index (χ2n) is 8.24. The predicted molar refractivity (Wildman–Crippen MR) is 86.6 cm³/mol. The Balaban J connectivity index is 2.36. The number of nitrogens with one attached hydrogen (secondary N) is 1. The van der Waals surface area contributed by atoms with Crippen LogP contribution in [0.25, 0.3) is 0 Å². The zero-order valence-electron chi connectivity index (χ0n) is 13.8. The summed E-state index contributed by atoms with van der Waals surface area (Å²) in [5.74, 6) is -0.746. The Bertz CT molecular complexity index is 513. The van der Waals surface area contributed by atoms with Crippen LogP contribution < -0.4 is 5.32 Å². The summed E-state index contributed by atoms with van der Waals surface area (Å²) in [7, 11) is 0. The van der Waals surface area contributed by atoms with E-state index in [2.05, 4.69) is 33.0 Å². The Morgan fingerprint density at radius 1 is 1.00 bits per heavy atom. The molecule has 0 spiro atoms. The van der Waals surface area contributed by atoms with Gasteiger partial charge in [-0.05, 0) is 49.1 Å². The minimum absolute atomic E-state index is 0.0117. The molecule has 0 saturated heterocycles. The van der Waals surface area contributed by atoms with Crippen molar-refractivity contribution in [2.45, 2.75) is 59.4 Å². The molecule has 3 nitrogen and oxygen atoms in total. The highest BCUT2D eigenvalue weighted by molar-refractivity contribution is 5.83. The maximum absolute atomic E-state index is 12.1. The van der Waals surface area contributed by atoms with Crippen LogP contribution in [0.4, 0.5) is 5.69 Å². The Morgan fingerprint density at radius 3 is 1.90 bits per heavy atom. The number of rotatable bonds is 3. The molecule has 0 amide bonds. The minimum atomic E-state index is -0.888. The van der Waals surface area contributed by atoms with Crippen molar-refractivity contribution < 1.29 is 9.90 Å². The monoisotopic (exact) mass is 289 g/mol. The van der Waals surface area contributed by atoms with E-state index in [1.807, 2.05) is 31.2 Å². The molecule has 0 radical (unpaired) electrons. The fraction of sp³-hybridized carbons (Fsp3) is 0.611. The molecular weight excluding hydrogens is 262 g/mol. The van der Waals surface area contributed by atoms with Gasteiger partial charge >= 0.3 is 5.97 Å². The van der Waals surface area contributed by atoms with Crippen molar-refractivity contribution in [2.24, 2.45) is 10.8 Å². The molecule has 116 valence electrons. The third-order valence-corrected chi connectivity index (χ3v) is 4.36. The van der Waals surface area contributed by atoms with E-state index in [1.54, 1.807) is 0 Å². The number of aliphatic carboxylic acids is 1. The lowest BCUT2D eigenvalue weighted by Gasteiger charge is -2.50. The molecule has 0 aliphatic heterocycles. The number of benzene rings is 1. The summed E-state index contributed by atoms with van der Waals surface area (Å²) in [6.07, 6.45) is 2.34. The van der Waals surface area contributed by atoms with E-state index < -0.39 is 11.5 Å². The number of anilines is 1. The van der Waals surface area contributed by atoms with Gasteiger partial charge in [0.05, 0.1) is 0 Å². The van der Waals surface area contributed by atoms with Crippen molar-refractivity contribution >= 4 is 11.7 Å². The molecule has 0 bridgehead atoms. The molecule has 0 aromatic heterocycles. The molecule has 21 heavy (non-hydrogen) atoms. The van der Waals surface area contributed by atoms with Crippen molar-refractivity contribution in [1.29, 1.82) is 0 Å². The van der Waals surface area contributed by atoms with Gasteiger partial charge in [-0.1, -0.05) is 45.4 Å². The van der Waals surface area contributed by atoms with Crippen molar-refractivity contribution in [3.63, 3.8) is 0 Å². The largest absolute Gasteiger partial charge is 0.480 e. The number of hydrogen-bond acceptors (Lipinski definition) is 2. The van der Waals surface area contributed by atoms with Gasteiger partial charge in [0.2, 0.25) is 0 Å². The summed E-state index contributed by atoms with van der Waals surface area (Å²) in [6, 6.07) is 7.96. The second kappa shape index (κ2) is 5.04. The molecule has 1 saturated carbocycles. The average molecular weight is 289 g/mol. The first-order valence-corrected chi connectivity index (χ1v) is 7.62. The third kappa shape index (κ3) is 3.58. The van der Waals surface area contributed by atoms with E-state index in [4.69, 9.17) is 0 Å². The summed E-state index contributed by atoms with van der Waals surface area (Å²) >= 11 is 0. The fourth-order valence-corrected chi connectivity index (χ4v) is 4.32. The predicted octanol–water partition coefficient (Wildman–Crippen LogP) is 4.47. The zero-order chi connectivity index (χ0) is 15.9. The fourth-order valence-electron chi connectivity index (χ4n) is 4.32. The van der Waals surface area contributed by atoms with Gasteiger partial charge < -0.3 is 10.4 Å². The summed E-state index contributed by atoms with van der Waals surface area (Å²) in [6.45, 7) is 10.7. The van der Waals surface area contributed by atoms with Crippen LogP contribution in [-0.2, 0) is 4.79 Å². The first kappa shape index (κ1) is 15.9. The molecule has 0 unspecified atom stereocenters. The molecule has 1 fully saturated rings.